The van der Waals surface area contributed by atoms with Crippen LogP contribution < -0.4 is 0 Å². The molecule has 0 saturated heterocycles. The lowest BCUT2D eigenvalue weighted by molar-refractivity contribution is -0.482. The molecule has 0 aliphatic carbocycles. The highest BCUT2D eigenvalue weighted by Crippen LogP contribution is 2.68. The van der Waals surface area contributed by atoms with E-state index in [1.54, 1.807) is 0 Å². The summed E-state index contributed by atoms with van der Waals surface area (Å²) in [6.07, 6.45) is -11.2. The van der Waals surface area contributed by atoms with Crippen LogP contribution in [0.4, 0.5) is 110 Å². The fourth-order valence-corrected chi connectivity index (χ4v) is 5.37. The van der Waals surface area contributed by atoms with E-state index in [-0.39, 0.29) is 72.7 Å². The van der Waals surface area contributed by atoms with Gasteiger partial charge in [0.2, 0.25) is 0 Å². The maximum atomic E-state index is 14.1. The number of aliphatic hydroxyl groups is 1. The van der Waals surface area contributed by atoms with Crippen LogP contribution >= 0.6 is 0 Å². The molecule has 0 unspecified atom stereocenters. The highest BCUT2D eigenvalue weighted by molar-refractivity contribution is 5.19. The second-order valence-electron chi connectivity index (χ2n) is 16.0. The van der Waals surface area contributed by atoms with Gasteiger partial charge in [-0.25, -0.2) is 0 Å². The van der Waals surface area contributed by atoms with Crippen molar-refractivity contribution in [1.29, 1.82) is 0 Å². The molecule has 0 bridgehead atoms. The molecule has 0 aromatic carbocycles. The van der Waals surface area contributed by atoms with Gasteiger partial charge in [0.1, 0.15) is 0 Å². The van der Waals surface area contributed by atoms with Gasteiger partial charge in [-0.1, -0.05) is 0 Å². The summed E-state index contributed by atoms with van der Waals surface area (Å²) >= 11 is 0. The molecule has 0 fully saturated rings. The van der Waals surface area contributed by atoms with Crippen LogP contribution in [0.2, 0.25) is 0 Å². The zero-order chi connectivity index (χ0) is 63.1. The van der Waals surface area contributed by atoms with Crippen molar-refractivity contribution in [2.24, 2.45) is 0 Å². The third-order valence-electron chi connectivity index (χ3n) is 10.00. The molecule has 0 atom stereocenters. The fraction of sp³-hybridized carbons (Fsp3) is 1.00. The molecule has 0 aliphatic rings. The van der Waals surface area contributed by atoms with E-state index in [4.69, 9.17) is 66.7 Å². The van der Waals surface area contributed by atoms with Crippen LogP contribution in [-0.2, 0) is 66.3 Å². The second kappa shape index (κ2) is 36.7. The SMILES string of the molecule is OCCOCCOCCOCCOCCOCCOCCOCCOCCOCCOCCOCCOCCOCCOCCC(F)(F)C(F)(F)C(F)(F)C(F)(F)C(F)(F)C(F)(F)C(F)(F)C(F)(F)C(F)(F)C(F)(F)C(F)(F)C(F)(F)F. The minimum absolute atomic E-state index is 0.0238. The third-order valence-corrected chi connectivity index (χ3v) is 10.00. The number of aliphatic hydroxyl groups excluding tert-OH is 1. The van der Waals surface area contributed by atoms with Gasteiger partial charge in [-0.3, -0.25) is 0 Å². The van der Waals surface area contributed by atoms with Crippen molar-refractivity contribution in [3.8, 4) is 0 Å². The van der Waals surface area contributed by atoms with Gasteiger partial charge in [0.15, 0.2) is 0 Å². The normalized spacial score (nSPS) is 14.4. The smallest absolute Gasteiger partial charge is 0.394 e. The molecule has 15 nitrogen and oxygen atoms in total. The molecule has 0 saturated carbocycles. The monoisotopic (exact) mass is 1280 g/mol. The van der Waals surface area contributed by atoms with Crippen molar-refractivity contribution in [3.05, 3.63) is 0 Å². The van der Waals surface area contributed by atoms with E-state index >= 15 is 0 Å². The maximum absolute atomic E-state index is 14.1. The van der Waals surface area contributed by atoms with Crippen molar-refractivity contribution in [3.63, 3.8) is 0 Å². The third kappa shape index (κ3) is 22.4. The summed E-state index contributed by atoms with van der Waals surface area (Å²) in [7, 11) is 0. The van der Waals surface area contributed by atoms with Gasteiger partial charge in [0, 0.05) is 6.42 Å². The maximum Gasteiger partial charge on any atom is 0.460 e. The largest absolute Gasteiger partial charge is 0.460 e. The highest BCUT2D eigenvalue weighted by atomic mass is 19.4. The number of alkyl halides is 25. The zero-order valence-corrected chi connectivity index (χ0v) is 42.8. The van der Waals surface area contributed by atoms with Gasteiger partial charge in [-0.15, -0.1) is 0 Å². The molecule has 0 amide bonds. The van der Waals surface area contributed by atoms with Crippen LogP contribution in [0.5, 0.6) is 0 Å². The molecule has 40 heteroatoms. The number of hydrogen-bond donors (Lipinski definition) is 1. The molecule has 0 spiro atoms. The lowest BCUT2D eigenvalue weighted by Gasteiger charge is -2.45. The Morgan fingerprint density at radius 1 is 0.171 bits per heavy atom. The number of ether oxygens (including phenoxy) is 14. The van der Waals surface area contributed by atoms with Gasteiger partial charge in [-0.2, -0.15) is 110 Å². The molecule has 0 aromatic heterocycles. The summed E-state index contributed by atoms with van der Waals surface area (Å²) in [4.78, 5) is 0. The van der Waals surface area contributed by atoms with Crippen LogP contribution in [0.15, 0.2) is 0 Å². The Hall–Kier alpha value is -2.35. The Balaban J connectivity index is 4.22. The first kappa shape index (κ1) is 79.7. The van der Waals surface area contributed by atoms with Gasteiger partial charge in [-0.05, 0) is 0 Å². The van der Waals surface area contributed by atoms with E-state index in [1.807, 2.05) is 0 Å². The predicted molar refractivity (Wildman–Crippen MR) is 224 cm³/mol. The van der Waals surface area contributed by atoms with Crippen LogP contribution in [0.25, 0.3) is 0 Å². The first-order chi connectivity index (χ1) is 37.8. The Kier molecular flexibility index (Phi) is 35.7. The Morgan fingerprint density at radius 3 is 0.463 bits per heavy atom. The van der Waals surface area contributed by atoms with E-state index in [9.17, 15) is 110 Å². The van der Waals surface area contributed by atoms with Crippen LogP contribution in [-0.4, -0.2) is 268 Å². The summed E-state index contributed by atoms with van der Waals surface area (Å²) in [6, 6.07) is 0. The molecule has 0 aliphatic heterocycles. The molecule has 0 heterocycles. The molecule has 1 N–H and O–H groups in total. The van der Waals surface area contributed by atoms with Crippen molar-refractivity contribution in [1.82, 2.24) is 0 Å². The summed E-state index contributed by atoms with van der Waals surface area (Å²) in [5.41, 5.74) is 0. The van der Waals surface area contributed by atoms with Crippen molar-refractivity contribution < 1.29 is 181 Å². The molecule has 0 aromatic rings. The Bertz CT molecular complexity index is 1660. The predicted octanol–water partition coefficient (Wildman–Crippen LogP) is 8.15. The summed E-state index contributed by atoms with van der Waals surface area (Å²) < 4.78 is 414. The number of hydrogen-bond acceptors (Lipinski definition) is 15. The second-order valence-corrected chi connectivity index (χ2v) is 16.0. The molecular formula is C42H61F25O15. The van der Waals surface area contributed by atoms with Gasteiger partial charge in [0.25, 0.3) is 0 Å². The standard InChI is InChI=1S/C42H61F25O15/c43-31(44,32(45,46)33(47,48)34(49,50)35(51,52)36(53,54)37(55,56)38(57,58)39(59,60)40(61,62)41(63,64)42(65,66)67)1-3-69-5-7-71-9-11-73-13-15-75-17-19-77-21-23-79-25-27-81-29-30-82-28-26-80-24-22-78-20-18-76-16-14-74-12-10-72-8-6-70-4-2-68/h68H,1-30H2. The molecular weight excluding hydrogens is 1220 g/mol. The quantitative estimate of drug-likeness (QED) is 0.0461. The van der Waals surface area contributed by atoms with Crippen LogP contribution in [0, 0.1) is 0 Å². The number of halogens is 25. The molecule has 494 valence electrons. The number of rotatable bonds is 54. The van der Waals surface area contributed by atoms with E-state index < -0.39 is 97.6 Å². The highest BCUT2D eigenvalue weighted by Gasteiger charge is 2.99. The van der Waals surface area contributed by atoms with Gasteiger partial charge in [0.05, 0.1) is 192 Å². The van der Waals surface area contributed by atoms with Gasteiger partial charge < -0.3 is 71.4 Å². The average molecular weight is 1280 g/mol. The van der Waals surface area contributed by atoms with Crippen LogP contribution in [0.3, 0.4) is 0 Å². The van der Waals surface area contributed by atoms with E-state index in [1.165, 1.54) is 0 Å². The molecule has 0 radical (unpaired) electrons. The van der Waals surface area contributed by atoms with Crippen molar-refractivity contribution in [2.75, 3.05) is 192 Å². The summed E-state index contributed by atoms with van der Waals surface area (Å²) in [6.45, 7) is 2.80. The minimum atomic E-state index is -9.64. The first-order valence-electron chi connectivity index (χ1n) is 23.7. The van der Waals surface area contributed by atoms with Crippen molar-refractivity contribution in [2.45, 2.75) is 77.7 Å². The van der Waals surface area contributed by atoms with E-state index in [2.05, 4.69) is 4.74 Å². The Labute approximate surface area is 450 Å². The van der Waals surface area contributed by atoms with Crippen molar-refractivity contribution >= 4 is 0 Å². The van der Waals surface area contributed by atoms with E-state index in [0.717, 1.165) is 0 Å². The van der Waals surface area contributed by atoms with Crippen LogP contribution in [0.1, 0.15) is 6.42 Å². The van der Waals surface area contributed by atoms with Gasteiger partial charge >= 0.3 is 71.3 Å². The zero-order valence-electron chi connectivity index (χ0n) is 42.8. The lowest BCUT2D eigenvalue weighted by Crippen LogP contribution is -2.78. The topological polar surface area (TPSA) is 149 Å². The lowest BCUT2D eigenvalue weighted by atomic mass is 9.84. The van der Waals surface area contributed by atoms with E-state index in [0.29, 0.717) is 99.1 Å². The summed E-state index contributed by atoms with van der Waals surface area (Å²) in [5, 5.41) is 8.58. The fourth-order valence-electron chi connectivity index (χ4n) is 5.37. The first-order valence-corrected chi connectivity index (χ1v) is 23.7. The minimum Gasteiger partial charge on any atom is -0.394 e. The molecule has 82 heavy (non-hydrogen) atoms. The average Bonchev–Trinajstić information content (AvgIpc) is 2.92. The molecule has 0 rings (SSSR count). The Morgan fingerprint density at radius 2 is 0.305 bits per heavy atom. The summed E-state index contributed by atoms with van der Waals surface area (Å²) in [5.74, 6) is -98.8.